The monoisotopic (exact) mass is 697 g/mol. The Hall–Kier alpha value is -2.84. The quantitative estimate of drug-likeness (QED) is 0.0433. The predicted molar refractivity (Wildman–Crippen MR) is 202 cm³/mol. The van der Waals surface area contributed by atoms with Crippen LogP contribution in [0, 0.1) is 0 Å². The van der Waals surface area contributed by atoms with Crippen LogP contribution in [0.1, 0.15) is 136 Å². The SMILES string of the molecule is CCCCCCCCCCCC(=O)N[C@@H](C)C(=O)Oc1ccc(Sc2ccc(OC(=O)CCCCCCCCCC[N+](C)(C)C)cc2)cc1. The van der Waals surface area contributed by atoms with E-state index in [1.807, 2.05) is 36.4 Å². The third kappa shape index (κ3) is 21.8. The largest absolute Gasteiger partial charge is 0.427 e. The molecule has 0 aliphatic carbocycles. The first-order chi connectivity index (χ1) is 23.6. The summed E-state index contributed by atoms with van der Waals surface area (Å²) >= 11 is 1.56. The van der Waals surface area contributed by atoms with Gasteiger partial charge < -0.3 is 19.3 Å². The highest BCUT2D eigenvalue weighted by molar-refractivity contribution is 7.99. The van der Waals surface area contributed by atoms with Crippen LogP contribution in [-0.2, 0) is 14.4 Å². The minimum absolute atomic E-state index is 0.113. The number of esters is 2. The first-order valence-electron chi connectivity index (χ1n) is 19.0. The fraction of sp³-hybridized carbons (Fsp3) is 0.634. The van der Waals surface area contributed by atoms with Crippen molar-refractivity contribution in [3.63, 3.8) is 0 Å². The predicted octanol–water partition coefficient (Wildman–Crippen LogP) is 10.3. The summed E-state index contributed by atoms with van der Waals surface area (Å²) in [5, 5.41) is 2.76. The normalized spacial score (nSPS) is 12.0. The Bertz CT molecular complexity index is 1190. The fourth-order valence-electron chi connectivity index (χ4n) is 5.56. The topological polar surface area (TPSA) is 81.7 Å². The maximum Gasteiger partial charge on any atom is 0.333 e. The second-order valence-corrected chi connectivity index (χ2v) is 15.5. The molecule has 2 aromatic carbocycles. The van der Waals surface area contributed by atoms with Crippen molar-refractivity contribution >= 4 is 29.6 Å². The smallest absolute Gasteiger partial charge is 0.333 e. The molecule has 0 radical (unpaired) electrons. The zero-order valence-electron chi connectivity index (χ0n) is 31.2. The molecule has 1 atom stereocenters. The number of quaternary nitrogens is 1. The lowest BCUT2D eigenvalue weighted by molar-refractivity contribution is -0.870. The Morgan fingerprint density at radius 2 is 1.04 bits per heavy atom. The molecule has 0 aliphatic heterocycles. The van der Waals surface area contributed by atoms with E-state index >= 15 is 0 Å². The summed E-state index contributed by atoms with van der Waals surface area (Å²) in [5.41, 5.74) is 0. The highest BCUT2D eigenvalue weighted by atomic mass is 32.2. The van der Waals surface area contributed by atoms with Crippen molar-refractivity contribution < 1.29 is 28.3 Å². The van der Waals surface area contributed by atoms with Crippen molar-refractivity contribution in [1.82, 2.24) is 5.32 Å². The van der Waals surface area contributed by atoms with Gasteiger partial charge >= 0.3 is 11.9 Å². The molecular weight excluding hydrogens is 633 g/mol. The number of benzene rings is 2. The molecule has 8 heteroatoms. The van der Waals surface area contributed by atoms with E-state index < -0.39 is 12.0 Å². The van der Waals surface area contributed by atoms with Gasteiger partial charge in [-0.25, -0.2) is 4.79 Å². The van der Waals surface area contributed by atoms with Gasteiger partial charge in [-0.15, -0.1) is 0 Å². The van der Waals surface area contributed by atoms with Crippen molar-refractivity contribution in [3.05, 3.63) is 48.5 Å². The molecule has 0 spiro atoms. The maximum absolute atomic E-state index is 12.5. The number of hydrogen-bond donors (Lipinski definition) is 1. The van der Waals surface area contributed by atoms with Crippen LogP contribution in [0.2, 0.25) is 0 Å². The second-order valence-electron chi connectivity index (χ2n) is 14.4. The molecule has 0 saturated carbocycles. The van der Waals surface area contributed by atoms with E-state index in [0.717, 1.165) is 46.4 Å². The number of ether oxygens (including phenoxy) is 2. The van der Waals surface area contributed by atoms with Gasteiger partial charge in [0.05, 0.1) is 27.7 Å². The number of carbonyl (C=O) groups is 3. The third-order valence-corrected chi connectivity index (χ3v) is 9.55. The summed E-state index contributed by atoms with van der Waals surface area (Å²) in [5.74, 6) is 0.210. The zero-order chi connectivity index (χ0) is 35.7. The van der Waals surface area contributed by atoms with E-state index in [4.69, 9.17) is 9.47 Å². The van der Waals surface area contributed by atoms with Gasteiger partial charge in [0.15, 0.2) is 0 Å². The van der Waals surface area contributed by atoms with Crippen molar-refractivity contribution in [2.24, 2.45) is 0 Å². The van der Waals surface area contributed by atoms with E-state index in [2.05, 4.69) is 33.4 Å². The van der Waals surface area contributed by atoms with Crippen LogP contribution in [0.4, 0.5) is 0 Å². The van der Waals surface area contributed by atoms with Crippen LogP contribution in [0.3, 0.4) is 0 Å². The van der Waals surface area contributed by atoms with Gasteiger partial charge in [-0.1, -0.05) is 102 Å². The first-order valence-corrected chi connectivity index (χ1v) is 19.8. The van der Waals surface area contributed by atoms with Crippen LogP contribution < -0.4 is 14.8 Å². The van der Waals surface area contributed by atoms with Crippen LogP contribution in [0.15, 0.2) is 58.3 Å². The molecule has 274 valence electrons. The van der Waals surface area contributed by atoms with Gasteiger partial charge in [0.2, 0.25) is 5.91 Å². The minimum Gasteiger partial charge on any atom is -0.427 e. The summed E-state index contributed by atoms with van der Waals surface area (Å²) in [6, 6.07) is 14.1. The molecule has 0 bridgehead atoms. The molecule has 0 heterocycles. The Morgan fingerprint density at radius 1 is 0.612 bits per heavy atom. The van der Waals surface area contributed by atoms with E-state index in [0.29, 0.717) is 24.3 Å². The lowest BCUT2D eigenvalue weighted by Gasteiger charge is -2.23. The summed E-state index contributed by atoms with van der Waals surface area (Å²) in [4.78, 5) is 39.1. The molecule has 2 rings (SSSR count). The van der Waals surface area contributed by atoms with Gasteiger partial charge in [-0.3, -0.25) is 9.59 Å². The zero-order valence-corrected chi connectivity index (χ0v) is 32.1. The van der Waals surface area contributed by atoms with E-state index in [9.17, 15) is 14.4 Å². The molecule has 0 fully saturated rings. The molecule has 1 N–H and O–H groups in total. The Morgan fingerprint density at radius 3 is 1.53 bits per heavy atom. The number of amides is 1. The van der Waals surface area contributed by atoms with E-state index in [-0.39, 0.29) is 11.9 Å². The molecule has 1 amide bonds. The van der Waals surface area contributed by atoms with Crippen LogP contribution >= 0.6 is 11.8 Å². The molecule has 49 heavy (non-hydrogen) atoms. The standard InChI is InChI=1S/C41H64N2O5S/c1-6-7-8-9-10-11-14-17-20-23-39(44)42-34(2)41(46)48-36-27-31-38(32-28-36)49-37-29-25-35(26-30-37)47-40(45)24-21-18-15-12-13-16-19-22-33-43(3,4)5/h25-32,34H,6-24,33H2,1-5H3/p+1/t34-/m0/s1. The second kappa shape index (κ2) is 25.2. The fourth-order valence-corrected chi connectivity index (χ4v) is 6.38. The molecule has 0 unspecified atom stereocenters. The average molecular weight is 698 g/mol. The van der Waals surface area contributed by atoms with Crippen molar-refractivity contribution in [2.45, 2.75) is 152 Å². The summed E-state index contributed by atoms with van der Waals surface area (Å²) < 4.78 is 12.1. The van der Waals surface area contributed by atoms with Gasteiger partial charge in [0.25, 0.3) is 0 Å². The van der Waals surface area contributed by atoms with Crippen molar-refractivity contribution in [3.8, 4) is 11.5 Å². The number of nitrogens with zero attached hydrogens (tertiary/aromatic N) is 1. The lowest BCUT2D eigenvalue weighted by atomic mass is 10.1. The summed E-state index contributed by atoms with van der Waals surface area (Å²) in [6.07, 6.45) is 21.2. The van der Waals surface area contributed by atoms with E-state index in [1.54, 1.807) is 30.8 Å². The van der Waals surface area contributed by atoms with Gasteiger partial charge in [0, 0.05) is 22.6 Å². The van der Waals surface area contributed by atoms with E-state index in [1.165, 1.54) is 83.6 Å². The Kier molecular flexibility index (Phi) is 21.7. The molecular formula is C41H65N2O5S+. The molecule has 0 saturated heterocycles. The number of carbonyl (C=O) groups excluding carboxylic acids is 3. The van der Waals surface area contributed by atoms with Gasteiger partial charge in [-0.2, -0.15) is 0 Å². The third-order valence-electron chi connectivity index (χ3n) is 8.53. The van der Waals surface area contributed by atoms with Crippen LogP contribution in [0.25, 0.3) is 0 Å². The number of rotatable bonds is 27. The Balaban J connectivity index is 1.58. The summed E-state index contributed by atoms with van der Waals surface area (Å²) in [7, 11) is 6.74. The molecule has 0 aromatic heterocycles. The van der Waals surface area contributed by atoms with Gasteiger partial charge in [0.1, 0.15) is 17.5 Å². The molecule has 7 nitrogen and oxygen atoms in total. The Labute approximate surface area is 301 Å². The maximum atomic E-state index is 12.5. The molecule has 0 aliphatic rings. The average Bonchev–Trinajstić information content (AvgIpc) is 3.06. The number of hydrogen-bond acceptors (Lipinski definition) is 6. The van der Waals surface area contributed by atoms with Crippen molar-refractivity contribution in [2.75, 3.05) is 27.7 Å². The van der Waals surface area contributed by atoms with Crippen LogP contribution in [0.5, 0.6) is 11.5 Å². The van der Waals surface area contributed by atoms with Crippen molar-refractivity contribution in [1.29, 1.82) is 0 Å². The lowest BCUT2D eigenvalue weighted by Crippen LogP contribution is -2.40. The number of unbranched alkanes of at least 4 members (excludes halogenated alkanes) is 15. The molecule has 2 aromatic rings. The van der Waals surface area contributed by atoms with Gasteiger partial charge in [-0.05, 0) is 81.1 Å². The first kappa shape index (κ1) is 42.3. The highest BCUT2D eigenvalue weighted by Crippen LogP contribution is 2.30. The minimum atomic E-state index is -0.712. The summed E-state index contributed by atoms with van der Waals surface area (Å²) in [6.45, 7) is 5.12. The number of nitrogens with one attached hydrogen (secondary N) is 1. The van der Waals surface area contributed by atoms with Crippen LogP contribution in [-0.4, -0.2) is 56.1 Å². The highest BCUT2D eigenvalue weighted by Gasteiger charge is 2.18.